The maximum atomic E-state index is 10.3. The highest BCUT2D eigenvalue weighted by Crippen LogP contribution is 2.26. The van der Waals surface area contributed by atoms with Crippen molar-refractivity contribution in [3.8, 4) is 0 Å². The fourth-order valence-electron chi connectivity index (χ4n) is 4.11. The van der Waals surface area contributed by atoms with Crippen LogP contribution >= 0.6 is 0 Å². The summed E-state index contributed by atoms with van der Waals surface area (Å²) in [5.74, 6) is 0. The van der Waals surface area contributed by atoms with Gasteiger partial charge in [0.1, 0.15) is 67.1 Å². The molecule has 0 aromatic rings. The zero-order chi connectivity index (χ0) is 30.1. The van der Waals surface area contributed by atoms with Crippen molar-refractivity contribution in [2.24, 2.45) is 5.11 Å². The number of likely N-dealkylation sites (N-methyl/N-ethyl adjacent to an activating group) is 1. The van der Waals surface area contributed by atoms with E-state index in [1.807, 2.05) is 0 Å². The van der Waals surface area contributed by atoms with Crippen molar-refractivity contribution >= 4 is 0 Å². The van der Waals surface area contributed by atoms with Crippen molar-refractivity contribution < 1.29 is 75.1 Å². The number of nitrogens with zero attached hydrogens (tertiary/aromatic N) is 4. The topological polar surface area (TPSA) is 311 Å². The molecule has 2 heterocycles. The first-order chi connectivity index (χ1) is 18.8. The van der Waals surface area contributed by atoms with E-state index in [1.54, 1.807) is 7.05 Å². The normalized spacial score (nSPS) is 37.9. The average molecular weight is 589 g/mol. The summed E-state index contributed by atoms with van der Waals surface area (Å²) in [5.41, 5.74) is 8.29. The van der Waals surface area contributed by atoms with Crippen LogP contribution in [0.1, 0.15) is 0 Å². The SMILES string of the molecule is CN(CCN=[N+]=[N-])CC(O)[C@@H](O)[C@H](O)[C@H](O)CO[C@@H]1OC(CO[C@@H]2O[C@H](CO)[C@@H](O)[C@H](O)[C@H]2O)[C@@H](O)[C@H](O)[C@H]1O. The van der Waals surface area contributed by atoms with Gasteiger partial charge in [-0.25, -0.2) is 0 Å². The Kier molecular flexibility index (Phi) is 14.2. The third-order valence-electron chi connectivity index (χ3n) is 6.66. The lowest BCUT2D eigenvalue weighted by atomic mass is 9.98. The Morgan fingerprint density at radius 3 is 1.90 bits per heavy atom. The maximum absolute atomic E-state index is 10.3. The van der Waals surface area contributed by atoms with Crippen molar-refractivity contribution in [1.82, 2.24) is 4.90 Å². The quantitative estimate of drug-likeness (QED) is 0.0481. The van der Waals surface area contributed by atoms with E-state index in [1.165, 1.54) is 4.90 Å². The summed E-state index contributed by atoms with van der Waals surface area (Å²) in [7, 11) is 1.56. The molecule has 0 aromatic heterocycles. The van der Waals surface area contributed by atoms with Gasteiger partial charge in [-0.1, -0.05) is 5.11 Å². The number of rotatable bonds is 15. The molecule has 2 saturated heterocycles. The van der Waals surface area contributed by atoms with Gasteiger partial charge in [0.05, 0.1) is 25.9 Å². The molecule has 0 aliphatic carbocycles. The largest absolute Gasteiger partial charge is 0.394 e. The standard InChI is InChI=1S/C21H40N4O15/c1-25(3-2-23-24-22)4-8(27)12(29)13(30)9(28)6-37-20-19(36)17(34)15(32)11(40-20)7-38-21-18(35)16(33)14(31)10(5-26)39-21/h8-21,26-36H,2-7H2,1H3/t8?,9-,10-,11?,12-,13-,14-,15-,16+,17+,18-,19-,20-,21-/m1/s1. The molecule has 0 spiro atoms. The number of ether oxygens (including phenoxy) is 4. The summed E-state index contributed by atoms with van der Waals surface area (Å²) in [6.07, 6.45) is -23.5. The first kappa shape index (κ1) is 34.9. The average Bonchev–Trinajstić information content (AvgIpc) is 2.93. The van der Waals surface area contributed by atoms with Crippen molar-refractivity contribution in [1.29, 1.82) is 0 Å². The summed E-state index contributed by atoms with van der Waals surface area (Å²) in [5, 5.41) is 114. The van der Waals surface area contributed by atoms with Crippen LogP contribution in [0.2, 0.25) is 0 Å². The second kappa shape index (κ2) is 16.3. The molecule has 11 N–H and O–H groups in total. The molecule has 2 unspecified atom stereocenters. The molecule has 0 aromatic carbocycles. The lowest BCUT2D eigenvalue weighted by molar-refractivity contribution is -0.333. The van der Waals surface area contributed by atoms with Gasteiger partial charge >= 0.3 is 0 Å². The zero-order valence-corrected chi connectivity index (χ0v) is 21.7. The Morgan fingerprint density at radius 1 is 0.800 bits per heavy atom. The van der Waals surface area contributed by atoms with Crippen LogP contribution in [0.4, 0.5) is 0 Å². The minimum atomic E-state index is -1.91. The highest BCUT2D eigenvalue weighted by molar-refractivity contribution is 4.92. The predicted molar refractivity (Wildman–Crippen MR) is 128 cm³/mol. The van der Waals surface area contributed by atoms with Crippen molar-refractivity contribution in [2.45, 2.75) is 85.8 Å². The van der Waals surface area contributed by atoms with E-state index >= 15 is 0 Å². The molecule has 19 heteroatoms. The second-order valence-electron chi connectivity index (χ2n) is 9.71. The number of aliphatic hydroxyl groups is 11. The van der Waals surface area contributed by atoms with Crippen LogP contribution in [0.15, 0.2) is 5.11 Å². The second-order valence-corrected chi connectivity index (χ2v) is 9.71. The molecule has 19 nitrogen and oxygen atoms in total. The Balaban J connectivity index is 1.90. The molecule has 234 valence electrons. The smallest absolute Gasteiger partial charge is 0.186 e. The summed E-state index contributed by atoms with van der Waals surface area (Å²) >= 11 is 0. The van der Waals surface area contributed by atoms with E-state index in [4.69, 9.17) is 24.5 Å². The lowest BCUT2D eigenvalue weighted by Crippen LogP contribution is -2.62. The van der Waals surface area contributed by atoms with Crippen LogP contribution in [0.3, 0.4) is 0 Å². The van der Waals surface area contributed by atoms with Gasteiger partial charge in [-0.3, -0.25) is 0 Å². The highest BCUT2D eigenvalue weighted by Gasteiger charge is 2.47. The fourth-order valence-corrected chi connectivity index (χ4v) is 4.11. The maximum Gasteiger partial charge on any atom is 0.186 e. The van der Waals surface area contributed by atoms with Crippen molar-refractivity contribution in [2.75, 3.05) is 46.5 Å². The number of hydrogen-bond donors (Lipinski definition) is 11. The van der Waals surface area contributed by atoms with E-state index in [2.05, 4.69) is 10.0 Å². The molecule has 0 saturated carbocycles. The number of aliphatic hydroxyl groups excluding tert-OH is 11. The minimum Gasteiger partial charge on any atom is -0.394 e. The van der Waals surface area contributed by atoms with Gasteiger partial charge < -0.3 is 80.0 Å². The van der Waals surface area contributed by atoms with Gasteiger partial charge in [-0.15, -0.1) is 0 Å². The first-order valence-electron chi connectivity index (χ1n) is 12.5. The van der Waals surface area contributed by atoms with Crippen LogP contribution in [0.25, 0.3) is 10.4 Å². The lowest BCUT2D eigenvalue weighted by Gasteiger charge is -2.42. The minimum absolute atomic E-state index is 0.105. The van der Waals surface area contributed by atoms with Gasteiger partial charge in [0.2, 0.25) is 0 Å². The van der Waals surface area contributed by atoms with Gasteiger partial charge in [-0.05, 0) is 12.6 Å². The Bertz CT molecular complexity index is 795. The third kappa shape index (κ3) is 9.08. The Hall–Kier alpha value is -1.33. The van der Waals surface area contributed by atoms with E-state index in [9.17, 15) is 56.2 Å². The molecule has 2 fully saturated rings. The Labute approximate surface area is 228 Å². The monoisotopic (exact) mass is 588 g/mol. The molecule has 0 bridgehead atoms. The molecule has 2 rings (SSSR count). The van der Waals surface area contributed by atoms with Gasteiger partial charge in [0, 0.05) is 24.5 Å². The predicted octanol–water partition coefficient (Wildman–Crippen LogP) is -6.69. The molecule has 40 heavy (non-hydrogen) atoms. The van der Waals surface area contributed by atoms with Crippen LogP contribution < -0.4 is 0 Å². The van der Waals surface area contributed by atoms with E-state index in [0.29, 0.717) is 0 Å². The first-order valence-corrected chi connectivity index (χ1v) is 12.5. The molecule has 0 radical (unpaired) electrons. The third-order valence-corrected chi connectivity index (χ3v) is 6.66. The summed E-state index contributed by atoms with van der Waals surface area (Å²) in [4.78, 5) is 4.11. The van der Waals surface area contributed by atoms with Crippen LogP contribution in [-0.4, -0.2) is 193 Å². The van der Waals surface area contributed by atoms with Crippen LogP contribution in [-0.2, 0) is 18.9 Å². The fraction of sp³-hybridized carbons (Fsp3) is 1.00. The number of azide groups is 1. The highest BCUT2D eigenvalue weighted by atomic mass is 16.7. The molecular weight excluding hydrogens is 548 g/mol. The summed E-state index contributed by atoms with van der Waals surface area (Å²) < 4.78 is 21.1. The molecule has 2 aliphatic rings. The van der Waals surface area contributed by atoms with Crippen LogP contribution in [0, 0.1) is 0 Å². The Morgan fingerprint density at radius 2 is 1.32 bits per heavy atom. The van der Waals surface area contributed by atoms with Gasteiger partial charge in [-0.2, -0.15) is 0 Å². The van der Waals surface area contributed by atoms with Gasteiger partial charge in [0.25, 0.3) is 0 Å². The van der Waals surface area contributed by atoms with E-state index < -0.39 is 106 Å². The van der Waals surface area contributed by atoms with E-state index in [-0.39, 0.29) is 19.6 Å². The zero-order valence-electron chi connectivity index (χ0n) is 21.7. The number of hydrogen-bond acceptors (Lipinski definition) is 17. The van der Waals surface area contributed by atoms with Gasteiger partial charge in [0.15, 0.2) is 12.6 Å². The molecule has 2 aliphatic heterocycles. The molecular formula is C21H40N4O15. The van der Waals surface area contributed by atoms with Crippen molar-refractivity contribution in [3.63, 3.8) is 0 Å². The van der Waals surface area contributed by atoms with Crippen LogP contribution in [0.5, 0.6) is 0 Å². The summed E-state index contributed by atoms with van der Waals surface area (Å²) in [6.45, 7) is -1.85. The summed E-state index contributed by atoms with van der Waals surface area (Å²) in [6, 6.07) is 0. The van der Waals surface area contributed by atoms with E-state index in [0.717, 1.165) is 0 Å². The van der Waals surface area contributed by atoms with Crippen molar-refractivity contribution in [3.05, 3.63) is 10.4 Å². The molecule has 0 amide bonds. The molecule has 14 atom stereocenters.